The highest BCUT2D eigenvalue weighted by molar-refractivity contribution is 7.57. The molecule has 1 aromatic rings. The topological polar surface area (TPSA) is 24.4 Å². The van der Waals surface area contributed by atoms with Gasteiger partial charge in [0, 0.05) is 12.1 Å². The molecule has 0 aliphatic heterocycles. The van der Waals surface area contributed by atoms with Gasteiger partial charge in [0.25, 0.3) is 0 Å². The molecular formula is C16H27N2P. The van der Waals surface area contributed by atoms with Gasteiger partial charge in [-0.05, 0) is 32.7 Å². The molecule has 19 heavy (non-hydrogen) atoms. The summed E-state index contributed by atoms with van der Waals surface area (Å²) in [7, 11) is -0.236. The summed E-state index contributed by atoms with van der Waals surface area (Å²) in [5.41, 5.74) is 2.57. The predicted octanol–water partition coefficient (Wildman–Crippen LogP) is 4.65. The molecule has 2 nitrogen and oxygen atoms in total. The van der Waals surface area contributed by atoms with Crippen LogP contribution in [0.4, 0.5) is 0 Å². The molecule has 0 aromatic heterocycles. The number of amidine groups is 1. The molecule has 1 rings (SSSR count). The maximum Gasteiger partial charge on any atom is 0.131 e. The van der Waals surface area contributed by atoms with Gasteiger partial charge in [0.05, 0.1) is 0 Å². The monoisotopic (exact) mass is 278 g/mol. The molecule has 0 heterocycles. The van der Waals surface area contributed by atoms with Gasteiger partial charge in [0.15, 0.2) is 0 Å². The van der Waals surface area contributed by atoms with Crippen molar-refractivity contribution in [2.24, 2.45) is 4.99 Å². The van der Waals surface area contributed by atoms with Crippen LogP contribution in [0.15, 0.2) is 35.3 Å². The first-order valence-corrected chi connectivity index (χ1v) is 8.73. The zero-order valence-electron chi connectivity index (χ0n) is 12.9. The quantitative estimate of drug-likeness (QED) is 0.457. The molecule has 1 aromatic carbocycles. The zero-order chi connectivity index (χ0) is 14.3. The van der Waals surface area contributed by atoms with E-state index in [9.17, 15) is 0 Å². The molecule has 0 fully saturated rings. The van der Waals surface area contributed by atoms with Crippen LogP contribution in [0.5, 0.6) is 0 Å². The minimum absolute atomic E-state index is 0.236. The van der Waals surface area contributed by atoms with Crippen LogP contribution in [0.3, 0.4) is 0 Å². The van der Waals surface area contributed by atoms with Crippen molar-refractivity contribution in [2.75, 3.05) is 6.54 Å². The van der Waals surface area contributed by atoms with Gasteiger partial charge in [-0.25, -0.2) is 0 Å². The fraction of sp³-hybridized carbons (Fsp3) is 0.562. The molecule has 0 aliphatic rings. The Kier molecular flexibility index (Phi) is 7.09. The second-order valence-corrected chi connectivity index (χ2v) is 8.01. The Balaban J connectivity index is 2.92. The summed E-state index contributed by atoms with van der Waals surface area (Å²) >= 11 is 0. The molecular weight excluding hydrogens is 251 g/mol. The molecule has 0 aliphatic carbocycles. The Morgan fingerprint density at radius 1 is 1.16 bits per heavy atom. The van der Waals surface area contributed by atoms with Crippen LogP contribution in [-0.4, -0.2) is 23.7 Å². The third-order valence-electron chi connectivity index (χ3n) is 3.22. The van der Waals surface area contributed by atoms with E-state index in [1.807, 2.05) is 6.07 Å². The van der Waals surface area contributed by atoms with Crippen LogP contribution in [-0.2, 0) is 0 Å². The number of hydrogen-bond donors (Lipinski definition) is 1. The average molecular weight is 278 g/mol. The Morgan fingerprint density at radius 2 is 1.79 bits per heavy atom. The van der Waals surface area contributed by atoms with Crippen molar-refractivity contribution in [3.05, 3.63) is 35.9 Å². The SMILES string of the molecule is CCN=C(NP(C(C)C)C(C)CC)c1ccccc1. The van der Waals surface area contributed by atoms with Gasteiger partial charge in [-0.15, -0.1) is 0 Å². The Morgan fingerprint density at radius 3 is 2.26 bits per heavy atom. The number of benzene rings is 1. The van der Waals surface area contributed by atoms with E-state index in [0.717, 1.165) is 12.4 Å². The lowest BCUT2D eigenvalue weighted by molar-refractivity contribution is 0.864. The molecule has 0 spiro atoms. The Hall–Kier alpha value is -0.880. The summed E-state index contributed by atoms with van der Waals surface area (Å²) in [6.07, 6.45) is 1.21. The second-order valence-electron chi connectivity index (χ2n) is 5.06. The standard InChI is InChI=1S/C16H27N2P/c1-6-14(5)19(13(3)4)18-16(17-7-2)15-11-9-8-10-12-15/h8-14H,6-7H2,1-5H3,(H,17,18). The van der Waals surface area contributed by atoms with Crippen molar-refractivity contribution in [3.8, 4) is 0 Å². The summed E-state index contributed by atoms with van der Waals surface area (Å²) in [6, 6.07) is 10.5. The Labute approximate surface area is 119 Å². The molecule has 2 unspecified atom stereocenters. The lowest BCUT2D eigenvalue weighted by atomic mass is 10.2. The number of nitrogens with zero attached hydrogens (tertiary/aromatic N) is 1. The molecule has 0 amide bonds. The molecule has 106 valence electrons. The van der Waals surface area contributed by atoms with Crippen molar-refractivity contribution in [2.45, 2.75) is 52.4 Å². The van der Waals surface area contributed by atoms with Gasteiger partial charge in [-0.3, -0.25) is 4.99 Å². The normalized spacial score (nSPS) is 15.4. The number of hydrogen-bond acceptors (Lipinski definition) is 1. The summed E-state index contributed by atoms with van der Waals surface area (Å²) in [4.78, 5) is 4.66. The van der Waals surface area contributed by atoms with E-state index < -0.39 is 0 Å². The highest BCUT2D eigenvalue weighted by atomic mass is 31.1. The molecule has 0 saturated carbocycles. The van der Waals surface area contributed by atoms with Gasteiger partial charge >= 0.3 is 0 Å². The van der Waals surface area contributed by atoms with E-state index in [2.05, 4.69) is 69.0 Å². The van der Waals surface area contributed by atoms with Crippen LogP contribution in [0.1, 0.15) is 46.6 Å². The Bertz CT molecular complexity index is 387. The summed E-state index contributed by atoms with van der Waals surface area (Å²) < 4.78 is 0. The van der Waals surface area contributed by atoms with Crippen LogP contribution < -0.4 is 5.09 Å². The van der Waals surface area contributed by atoms with Gasteiger partial charge in [0.2, 0.25) is 0 Å². The lowest BCUT2D eigenvalue weighted by Crippen LogP contribution is -2.27. The smallest absolute Gasteiger partial charge is 0.131 e. The first-order valence-electron chi connectivity index (χ1n) is 7.25. The largest absolute Gasteiger partial charge is 0.348 e. The molecule has 1 N–H and O–H groups in total. The van der Waals surface area contributed by atoms with E-state index in [1.54, 1.807) is 0 Å². The van der Waals surface area contributed by atoms with Crippen LogP contribution >= 0.6 is 8.07 Å². The van der Waals surface area contributed by atoms with Crippen LogP contribution in [0.25, 0.3) is 0 Å². The van der Waals surface area contributed by atoms with Crippen LogP contribution in [0, 0.1) is 0 Å². The zero-order valence-corrected chi connectivity index (χ0v) is 13.7. The van der Waals surface area contributed by atoms with Crippen molar-refractivity contribution in [3.63, 3.8) is 0 Å². The van der Waals surface area contributed by atoms with Crippen molar-refractivity contribution in [1.82, 2.24) is 5.09 Å². The van der Waals surface area contributed by atoms with Crippen molar-refractivity contribution in [1.29, 1.82) is 0 Å². The molecule has 0 saturated heterocycles. The first kappa shape index (κ1) is 16.2. The summed E-state index contributed by atoms with van der Waals surface area (Å²) in [6.45, 7) is 12.1. The highest BCUT2D eigenvalue weighted by Gasteiger charge is 2.20. The third-order valence-corrected chi connectivity index (χ3v) is 6.12. The van der Waals surface area contributed by atoms with Crippen molar-refractivity contribution >= 4 is 13.9 Å². The maximum absolute atomic E-state index is 4.66. The van der Waals surface area contributed by atoms with Crippen molar-refractivity contribution < 1.29 is 0 Å². The van der Waals surface area contributed by atoms with Gasteiger partial charge in [-0.2, -0.15) is 0 Å². The number of nitrogens with one attached hydrogen (secondary N) is 1. The first-order chi connectivity index (χ1) is 9.10. The number of rotatable bonds is 6. The minimum atomic E-state index is -0.236. The van der Waals surface area contributed by atoms with E-state index in [-0.39, 0.29) is 8.07 Å². The van der Waals surface area contributed by atoms with E-state index in [4.69, 9.17) is 0 Å². The third kappa shape index (κ3) is 4.95. The predicted molar refractivity (Wildman–Crippen MR) is 88.5 cm³/mol. The van der Waals surface area contributed by atoms with E-state index in [1.165, 1.54) is 12.0 Å². The minimum Gasteiger partial charge on any atom is -0.348 e. The second kappa shape index (κ2) is 8.32. The van der Waals surface area contributed by atoms with Gasteiger partial charge < -0.3 is 5.09 Å². The van der Waals surface area contributed by atoms with Gasteiger partial charge in [-0.1, -0.05) is 58.0 Å². The van der Waals surface area contributed by atoms with Gasteiger partial charge in [0.1, 0.15) is 5.84 Å². The molecule has 0 bridgehead atoms. The fourth-order valence-corrected chi connectivity index (χ4v) is 4.35. The fourth-order valence-electron chi connectivity index (χ4n) is 2.01. The maximum atomic E-state index is 4.66. The average Bonchev–Trinajstić information content (AvgIpc) is 2.43. The summed E-state index contributed by atoms with van der Waals surface area (Å²) in [5.74, 6) is 1.06. The summed E-state index contributed by atoms with van der Waals surface area (Å²) in [5, 5.41) is 3.74. The molecule has 3 heteroatoms. The lowest BCUT2D eigenvalue weighted by Gasteiger charge is -2.29. The van der Waals surface area contributed by atoms with Crippen LogP contribution in [0.2, 0.25) is 0 Å². The van der Waals surface area contributed by atoms with E-state index >= 15 is 0 Å². The highest BCUT2D eigenvalue weighted by Crippen LogP contribution is 2.43. The molecule has 2 atom stereocenters. The number of aliphatic imine (C=N–C) groups is 1. The molecule has 0 radical (unpaired) electrons. The van der Waals surface area contributed by atoms with E-state index in [0.29, 0.717) is 11.3 Å².